The monoisotopic (exact) mass is 355 g/mol. The van der Waals surface area contributed by atoms with Crippen LogP contribution in [-0.2, 0) is 6.54 Å². The van der Waals surface area contributed by atoms with Gasteiger partial charge in [-0.15, -0.1) is 5.10 Å². The summed E-state index contributed by atoms with van der Waals surface area (Å²) in [5.41, 5.74) is 6.15. The van der Waals surface area contributed by atoms with E-state index in [-0.39, 0.29) is 0 Å². The zero-order valence-electron chi connectivity index (χ0n) is 15.0. The summed E-state index contributed by atoms with van der Waals surface area (Å²) in [6, 6.07) is 7.89. The van der Waals surface area contributed by atoms with Gasteiger partial charge in [0, 0.05) is 42.6 Å². The largest absolute Gasteiger partial charge is 0.325 e. The van der Waals surface area contributed by atoms with Gasteiger partial charge in [0.05, 0.1) is 5.39 Å². The minimum absolute atomic E-state index is 0.649. The molecule has 132 valence electrons. The third kappa shape index (κ3) is 2.47. The molecule has 0 bridgehead atoms. The van der Waals surface area contributed by atoms with Gasteiger partial charge < -0.3 is 4.57 Å². The van der Waals surface area contributed by atoms with Gasteiger partial charge in [-0.25, -0.2) is 14.5 Å². The molecule has 0 N–H and O–H groups in total. The first-order valence-electron chi connectivity index (χ1n) is 8.72. The Morgan fingerprint density at radius 2 is 1.81 bits per heavy atom. The van der Waals surface area contributed by atoms with Crippen molar-refractivity contribution in [2.45, 2.75) is 20.4 Å². The van der Waals surface area contributed by atoms with Gasteiger partial charge in [0.15, 0.2) is 11.5 Å². The van der Waals surface area contributed by atoms with Crippen LogP contribution in [0, 0.1) is 13.8 Å². The van der Waals surface area contributed by atoms with E-state index >= 15 is 0 Å². The Hall–Kier alpha value is -3.61. The third-order valence-electron chi connectivity index (χ3n) is 4.96. The van der Waals surface area contributed by atoms with Gasteiger partial charge >= 0.3 is 0 Å². The lowest BCUT2D eigenvalue weighted by Gasteiger charge is -2.07. The normalized spacial score (nSPS) is 11.5. The van der Waals surface area contributed by atoms with Gasteiger partial charge in [-0.1, -0.05) is 0 Å². The van der Waals surface area contributed by atoms with Crippen molar-refractivity contribution < 1.29 is 0 Å². The molecule has 0 saturated heterocycles. The lowest BCUT2D eigenvalue weighted by molar-refractivity contribution is 0.786. The smallest absolute Gasteiger partial charge is 0.183 e. The first-order chi connectivity index (χ1) is 13.2. The Bertz CT molecular complexity index is 1250. The van der Waals surface area contributed by atoms with Crippen molar-refractivity contribution in [2.75, 3.05) is 0 Å². The highest BCUT2D eigenvalue weighted by Gasteiger charge is 2.18. The second-order valence-corrected chi connectivity index (χ2v) is 6.54. The van der Waals surface area contributed by atoms with Crippen LogP contribution in [0.1, 0.15) is 16.8 Å². The summed E-state index contributed by atoms with van der Waals surface area (Å²) in [7, 11) is 0. The SMILES string of the molecule is Cc1c(C)n(Cc2ccncc2)c2ncn3nc(-c4cccnc4)nc3c12. The van der Waals surface area contributed by atoms with E-state index in [0.29, 0.717) is 5.82 Å². The molecule has 0 atom stereocenters. The molecule has 27 heavy (non-hydrogen) atoms. The van der Waals surface area contributed by atoms with E-state index in [1.54, 1.807) is 23.2 Å². The van der Waals surface area contributed by atoms with Crippen LogP contribution < -0.4 is 0 Å². The van der Waals surface area contributed by atoms with Crippen LogP contribution in [0.5, 0.6) is 0 Å². The summed E-state index contributed by atoms with van der Waals surface area (Å²) in [6.07, 6.45) is 8.87. The summed E-state index contributed by atoms with van der Waals surface area (Å²) in [5, 5.41) is 5.62. The highest BCUT2D eigenvalue weighted by molar-refractivity contribution is 5.94. The van der Waals surface area contributed by atoms with Gasteiger partial charge in [-0.3, -0.25) is 9.97 Å². The molecule has 5 heterocycles. The molecule has 0 aliphatic heterocycles. The van der Waals surface area contributed by atoms with E-state index in [4.69, 9.17) is 4.98 Å². The molecule has 0 fully saturated rings. The molecule has 0 aliphatic carbocycles. The number of fused-ring (bicyclic) bond motifs is 3. The molecular formula is C20H17N7. The summed E-state index contributed by atoms with van der Waals surface area (Å²) in [5.74, 6) is 0.649. The first-order valence-corrected chi connectivity index (χ1v) is 8.72. The Balaban J connectivity index is 1.72. The lowest BCUT2D eigenvalue weighted by Crippen LogP contribution is -2.03. The van der Waals surface area contributed by atoms with Crippen LogP contribution in [0.15, 0.2) is 55.4 Å². The Morgan fingerprint density at radius 3 is 2.59 bits per heavy atom. The number of hydrogen-bond acceptors (Lipinski definition) is 5. The lowest BCUT2D eigenvalue weighted by atomic mass is 10.2. The molecule has 5 aromatic rings. The molecule has 5 rings (SSSR count). The van der Waals surface area contributed by atoms with E-state index in [9.17, 15) is 0 Å². The number of hydrogen-bond donors (Lipinski definition) is 0. The first kappa shape index (κ1) is 15.6. The number of pyridine rings is 2. The number of rotatable bonds is 3. The number of aryl methyl sites for hydroxylation is 1. The van der Waals surface area contributed by atoms with Crippen LogP contribution in [0.25, 0.3) is 28.1 Å². The molecule has 0 spiro atoms. The molecule has 0 amide bonds. The van der Waals surface area contributed by atoms with Gasteiger partial charge in [0.2, 0.25) is 0 Å². The second-order valence-electron chi connectivity index (χ2n) is 6.54. The summed E-state index contributed by atoms with van der Waals surface area (Å²) >= 11 is 0. The topological polar surface area (TPSA) is 73.8 Å². The van der Waals surface area contributed by atoms with Gasteiger partial charge in [0.25, 0.3) is 0 Å². The molecule has 0 aliphatic rings. The van der Waals surface area contributed by atoms with E-state index in [1.807, 2.05) is 36.7 Å². The second kappa shape index (κ2) is 5.98. The molecule has 5 aromatic heterocycles. The number of aromatic nitrogens is 7. The van der Waals surface area contributed by atoms with Crippen molar-refractivity contribution in [1.29, 1.82) is 0 Å². The molecule has 7 nitrogen and oxygen atoms in total. The zero-order chi connectivity index (χ0) is 18.4. The van der Waals surface area contributed by atoms with Crippen molar-refractivity contribution in [3.63, 3.8) is 0 Å². The minimum Gasteiger partial charge on any atom is -0.325 e. The van der Waals surface area contributed by atoms with E-state index in [1.165, 1.54) is 16.8 Å². The van der Waals surface area contributed by atoms with Crippen molar-refractivity contribution >= 4 is 16.7 Å². The van der Waals surface area contributed by atoms with E-state index in [2.05, 4.69) is 38.5 Å². The minimum atomic E-state index is 0.649. The van der Waals surface area contributed by atoms with Gasteiger partial charge in [-0.05, 0) is 49.2 Å². The van der Waals surface area contributed by atoms with Crippen LogP contribution >= 0.6 is 0 Å². The Kier molecular flexibility index (Phi) is 3.46. The quantitative estimate of drug-likeness (QED) is 0.497. The van der Waals surface area contributed by atoms with Crippen molar-refractivity contribution in [2.24, 2.45) is 0 Å². The highest BCUT2D eigenvalue weighted by Crippen LogP contribution is 2.28. The van der Waals surface area contributed by atoms with E-state index < -0.39 is 0 Å². The van der Waals surface area contributed by atoms with E-state index in [0.717, 1.165) is 28.8 Å². The fourth-order valence-corrected chi connectivity index (χ4v) is 3.41. The fraction of sp³-hybridized carbons (Fsp3) is 0.150. The maximum absolute atomic E-state index is 4.78. The predicted octanol–water partition coefficient (Wildman–Crippen LogP) is 3.20. The van der Waals surface area contributed by atoms with Crippen molar-refractivity contribution in [3.05, 3.63) is 72.2 Å². The molecule has 0 radical (unpaired) electrons. The highest BCUT2D eigenvalue weighted by atomic mass is 15.3. The zero-order valence-corrected chi connectivity index (χ0v) is 15.0. The van der Waals surface area contributed by atoms with Crippen molar-refractivity contribution in [1.82, 2.24) is 34.1 Å². The maximum atomic E-state index is 4.78. The van der Waals surface area contributed by atoms with Crippen LogP contribution in [-0.4, -0.2) is 34.1 Å². The standard InChI is InChI=1S/C20H17N7/c1-13-14(2)26(11-15-5-8-21-9-6-15)19-17(13)20-24-18(25-27(20)12-23-19)16-4-3-7-22-10-16/h3-10,12H,11H2,1-2H3. The Labute approximate surface area is 155 Å². The number of nitrogens with zero attached hydrogens (tertiary/aromatic N) is 7. The summed E-state index contributed by atoms with van der Waals surface area (Å²) in [6.45, 7) is 4.97. The van der Waals surface area contributed by atoms with Crippen LogP contribution in [0.4, 0.5) is 0 Å². The molecule has 0 aromatic carbocycles. The third-order valence-corrected chi connectivity index (χ3v) is 4.96. The molecular weight excluding hydrogens is 338 g/mol. The fourth-order valence-electron chi connectivity index (χ4n) is 3.41. The summed E-state index contributed by atoms with van der Waals surface area (Å²) < 4.78 is 3.96. The van der Waals surface area contributed by atoms with Crippen molar-refractivity contribution in [3.8, 4) is 11.4 Å². The maximum Gasteiger partial charge on any atom is 0.183 e. The average Bonchev–Trinajstić information content (AvgIpc) is 3.25. The van der Waals surface area contributed by atoms with Gasteiger partial charge in [0.1, 0.15) is 12.0 Å². The molecule has 7 heteroatoms. The Morgan fingerprint density at radius 1 is 0.963 bits per heavy atom. The molecule has 0 saturated carbocycles. The average molecular weight is 355 g/mol. The van der Waals surface area contributed by atoms with Crippen LogP contribution in [0.2, 0.25) is 0 Å². The van der Waals surface area contributed by atoms with Crippen LogP contribution in [0.3, 0.4) is 0 Å². The van der Waals surface area contributed by atoms with Gasteiger partial charge in [-0.2, -0.15) is 0 Å². The summed E-state index contributed by atoms with van der Waals surface area (Å²) in [4.78, 5) is 17.7. The molecule has 0 unspecified atom stereocenters. The predicted molar refractivity (Wildman–Crippen MR) is 102 cm³/mol.